The maximum absolute atomic E-state index is 10.8. The molecule has 0 aromatic carbocycles. The molecular weight excluding hydrogens is 160 g/mol. The van der Waals surface area contributed by atoms with Crippen molar-refractivity contribution in [3.63, 3.8) is 0 Å². The molecule has 0 saturated carbocycles. The first kappa shape index (κ1) is 10.8. The van der Waals surface area contributed by atoms with E-state index in [1.165, 1.54) is 0 Å². The first-order chi connectivity index (χ1) is 5.31. The number of hydrogen-bond acceptors (Lipinski definition) is 3. The second-order valence-corrected chi connectivity index (χ2v) is 3.21. The molecule has 11 heavy (non-hydrogen) atoms. The van der Waals surface area contributed by atoms with Gasteiger partial charge in [0.05, 0.1) is 6.54 Å². The average Bonchev–Trinajstić information content (AvgIpc) is 1.99. The molecule has 66 valence electrons. The van der Waals surface area contributed by atoms with Crippen molar-refractivity contribution in [1.29, 1.82) is 0 Å². The fourth-order valence-electron chi connectivity index (χ4n) is 0.667. The predicted molar refractivity (Wildman–Crippen MR) is 49.9 cm³/mol. The van der Waals surface area contributed by atoms with Crippen molar-refractivity contribution in [1.82, 2.24) is 10.6 Å². The SMILES string of the molecule is CNCC(=O)NCCCSC. The molecule has 0 atom stereocenters. The minimum atomic E-state index is 0.0774. The van der Waals surface area contributed by atoms with E-state index in [-0.39, 0.29) is 5.91 Å². The molecule has 0 unspecified atom stereocenters. The van der Waals surface area contributed by atoms with Crippen LogP contribution in [0.25, 0.3) is 0 Å². The van der Waals surface area contributed by atoms with Crippen LogP contribution >= 0.6 is 11.8 Å². The maximum Gasteiger partial charge on any atom is 0.233 e. The van der Waals surface area contributed by atoms with E-state index in [0.717, 1.165) is 18.7 Å². The number of thioether (sulfide) groups is 1. The van der Waals surface area contributed by atoms with Crippen LogP contribution in [0.1, 0.15) is 6.42 Å². The molecule has 0 saturated heterocycles. The highest BCUT2D eigenvalue weighted by molar-refractivity contribution is 7.98. The zero-order chi connectivity index (χ0) is 8.53. The molecule has 0 aliphatic heterocycles. The smallest absolute Gasteiger partial charge is 0.233 e. The van der Waals surface area contributed by atoms with Crippen LogP contribution in [0.3, 0.4) is 0 Å². The highest BCUT2D eigenvalue weighted by Gasteiger charge is 1.95. The molecule has 0 heterocycles. The number of rotatable bonds is 6. The Balaban J connectivity index is 3.04. The van der Waals surface area contributed by atoms with Crippen LogP contribution in [0, 0.1) is 0 Å². The van der Waals surface area contributed by atoms with Crippen molar-refractivity contribution >= 4 is 17.7 Å². The molecule has 0 spiro atoms. The zero-order valence-electron chi connectivity index (χ0n) is 7.14. The summed E-state index contributed by atoms with van der Waals surface area (Å²) in [6, 6.07) is 0. The minimum absolute atomic E-state index is 0.0774. The van der Waals surface area contributed by atoms with Gasteiger partial charge in [-0.25, -0.2) is 0 Å². The summed E-state index contributed by atoms with van der Waals surface area (Å²) in [6.07, 6.45) is 3.12. The molecule has 3 nitrogen and oxygen atoms in total. The Hall–Kier alpha value is -0.220. The van der Waals surface area contributed by atoms with Crippen LogP contribution in [-0.2, 0) is 4.79 Å². The predicted octanol–water partition coefficient (Wildman–Crippen LogP) is 0.0751. The molecule has 4 heteroatoms. The molecule has 0 rings (SSSR count). The van der Waals surface area contributed by atoms with Gasteiger partial charge in [0.1, 0.15) is 0 Å². The molecule has 0 fully saturated rings. The van der Waals surface area contributed by atoms with E-state index >= 15 is 0 Å². The molecule has 0 aliphatic carbocycles. The topological polar surface area (TPSA) is 41.1 Å². The summed E-state index contributed by atoms with van der Waals surface area (Å²) in [6.45, 7) is 1.21. The van der Waals surface area contributed by atoms with Gasteiger partial charge in [0.2, 0.25) is 5.91 Å². The largest absolute Gasteiger partial charge is 0.355 e. The Morgan fingerprint density at radius 3 is 2.82 bits per heavy atom. The van der Waals surface area contributed by atoms with Crippen LogP contribution in [-0.4, -0.2) is 38.1 Å². The lowest BCUT2D eigenvalue weighted by atomic mass is 10.4. The normalized spacial score (nSPS) is 9.64. The molecular formula is C7H16N2OS. The Morgan fingerprint density at radius 1 is 1.55 bits per heavy atom. The first-order valence-electron chi connectivity index (χ1n) is 3.71. The fraction of sp³-hybridized carbons (Fsp3) is 0.857. The monoisotopic (exact) mass is 176 g/mol. The van der Waals surface area contributed by atoms with E-state index in [9.17, 15) is 4.79 Å². The Labute approximate surface area is 72.3 Å². The highest BCUT2D eigenvalue weighted by atomic mass is 32.2. The second-order valence-electron chi connectivity index (χ2n) is 2.23. The Bertz CT molecular complexity index is 109. The number of amides is 1. The highest BCUT2D eigenvalue weighted by Crippen LogP contribution is 1.92. The number of nitrogens with one attached hydrogen (secondary N) is 2. The number of carbonyl (C=O) groups excluding carboxylic acids is 1. The third-order valence-electron chi connectivity index (χ3n) is 1.18. The first-order valence-corrected chi connectivity index (χ1v) is 5.11. The van der Waals surface area contributed by atoms with Crippen molar-refractivity contribution in [2.45, 2.75) is 6.42 Å². The van der Waals surface area contributed by atoms with Gasteiger partial charge >= 0.3 is 0 Å². The Morgan fingerprint density at radius 2 is 2.27 bits per heavy atom. The lowest BCUT2D eigenvalue weighted by Crippen LogP contribution is -2.32. The Kier molecular flexibility index (Phi) is 7.72. The minimum Gasteiger partial charge on any atom is -0.355 e. The van der Waals surface area contributed by atoms with Crippen molar-refractivity contribution < 1.29 is 4.79 Å². The maximum atomic E-state index is 10.8. The molecule has 0 aliphatic rings. The summed E-state index contributed by atoms with van der Waals surface area (Å²) < 4.78 is 0. The van der Waals surface area contributed by atoms with Crippen LogP contribution < -0.4 is 10.6 Å². The molecule has 2 N–H and O–H groups in total. The van der Waals surface area contributed by atoms with Crippen LogP contribution in [0.4, 0.5) is 0 Å². The molecule has 0 bridgehead atoms. The summed E-state index contributed by atoms with van der Waals surface area (Å²) in [5.74, 6) is 1.19. The van der Waals surface area contributed by atoms with Crippen molar-refractivity contribution in [2.24, 2.45) is 0 Å². The van der Waals surface area contributed by atoms with Crippen molar-refractivity contribution in [2.75, 3.05) is 32.1 Å². The summed E-state index contributed by atoms with van der Waals surface area (Å²) >= 11 is 1.80. The number of carbonyl (C=O) groups is 1. The van der Waals surface area contributed by atoms with E-state index in [1.807, 2.05) is 0 Å². The van der Waals surface area contributed by atoms with Crippen LogP contribution in [0.15, 0.2) is 0 Å². The van der Waals surface area contributed by atoms with E-state index in [0.29, 0.717) is 6.54 Å². The quantitative estimate of drug-likeness (QED) is 0.563. The molecule has 0 aromatic heterocycles. The average molecular weight is 176 g/mol. The van der Waals surface area contributed by atoms with Gasteiger partial charge in [0.15, 0.2) is 0 Å². The van der Waals surface area contributed by atoms with Gasteiger partial charge in [0, 0.05) is 6.54 Å². The molecule has 1 amide bonds. The van der Waals surface area contributed by atoms with Crippen LogP contribution in [0.2, 0.25) is 0 Å². The van der Waals surface area contributed by atoms with Crippen molar-refractivity contribution in [3.8, 4) is 0 Å². The van der Waals surface area contributed by atoms with Gasteiger partial charge in [-0.05, 0) is 25.5 Å². The summed E-state index contributed by atoms with van der Waals surface area (Å²) in [5.41, 5.74) is 0. The van der Waals surface area contributed by atoms with Crippen LogP contribution in [0.5, 0.6) is 0 Å². The van der Waals surface area contributed by atoms with Gasteiger partial charge in [-0.3, -0.25) is 4.79 Å². The molecule has 0 aromatic rings. The van der Waals surface area contributed by atoms with Crippen molar-refractivity contribution in [3.05, 3.63) is 0 Å². The van der Waals surface area contributed by atoms with E-state index in [2.05, 4.69) is 16.9 Å². The van der Waals surface area contributed by atoms with Gasteiger partial charge in [-0.1, -0.05) is 0 Å². The number of hydrogen-bond donors (Lipinski definition) is 2. The van der Waals surface area contributed by atoms with E-state index in [4.69, 9.17) is 0 Å². The second kappa shape index (κ2) is 7.88. The van der Waals surface area contributed by atoms with E-state index in [1.54, 1.807) is 18.8 Å². The molecule has 0 radical (unpaired) electrons. The van der Waals surface area contributed by atoms with Gasteiger partial charge in [-0.2, -0.15) is 11.8 Å². The van der Waals surface area contributed by atoms with Gasteiger partial charge < -0.3 is 10.6 Å². The fourth-order valence-corrected chi connectivity index (χ4v) is 1.10. The zero-order valence-corrected chi connectivity index (χ0v) is 7.96. The van der Waals surface area contributed by atoms with E-state index < -0.39 is 0 Å². The number of likely N-dealkylation sites (N-methyl/N-ethyl adjacent to an activating group) is 1. The lowest BCUT2D eigenvalue weighted by Gasteiger charge is -2.02. The summed E-state index contributed by atoms with van der Waals surface area (Å²) in [5, 5.41) is 5.59. The lowest BCUT2D eigenvalue weighted by molar-refractivity contribution is -0.120. The third-order valence-corrected chi connectivity index (χ3v) is 1.88. The third kappa shape index (κ3) is 7.68. The van der Waals surface area contributed by atoms with Gasteiger partial charge in [0.25, 0.3) is 0 Å². The van der Waals surface area contributed by atoms with Gasteiger partial charge in [-0.15, -0.1) is 0 Å². The summed E-state index contributed by atoms with van der Waals surface area (Å²) in [7, 11) is 1.77. The summed E-state index contributed by atoms with van der Waals surface area (Å²) in [4.78, 5) is 10.8. The standard InChI is InChI=1S/C7H16N2OS/c1-8-6-7(10)9-4-3-5-11-2/h8H,3-6H2,1-2H3,(H,9,10).